The minimum absolute atomic E-state index is 0.222. The van der Waals surface area contributed by atoms with Gasteiger partial charge in [0, 0.05) is 43.2 Å². The molecule has 0 spiro atoms. The molecule has 1 aromatic carbocycles. The second-order valence-corrected chi connectivity index (χ2v) is 6.24. The fraction of sp³-hybridized carbons (Fsp3) is 0.500. The van der Waals surface area contributed by atoms with Crippen LogP contribution in [0.25, 0.3) is 0 Å². The van der Waals surface area contributed by atoms with E-state index in [-0.39, 0.29) is 5.91 Å². The first-order chi connectivity index (χ1) is 9.15. The van der Waals surface area contributed by atoms with E-state index >= 15 is 0 Å². The molecule has 0 radical (unpaired) electrons. The van der Waals surface area contributed by atoms with Crippen molar-refractivity contribution in [2.45, 2.75) is 12.1 Å². The van der Waals surface area contributed by atoms with Crippen molar-refractivity contribution in [1.29, 1.82) is 0 Å². The number of nitrogens with one attached hydrogen (secondary N) is 1. The lowest BCUT2D eigenvalue weighted by atomic mass is 9.98. The zero-order valence-electron chi connectivity index (χ0n) is 11.0. The van der Waals surface area contributed by atoms with E-state index in [1.54, 1.807) is 0 Å². The molecular weight excluding hydrogens is 306 g/mol. The highest BCUT2D eigenvalue weighted by molar-refractivity contribution is 9.10. The Bertz CT molecular complexity index is 476. The average molecular weight is 324 g/mol. The SMILES string of the molecule is CN1CC2CNCC(c3ccc(Br)cc3)N2CC1=O. The molecule has 1 amide bonds. The minimum Gasteiger partial charge on any atom is -0.343 e. The van der Waals surface area contributed by atoms with Crippen molar-refractivity contribution < 1.29 is 4.79 Å². The second-order valence-electron chi connectivity index (χ2n) is 5.33. The maximum atomic E-state index is 11.9. The van der Waals surface area contributed by atoms with Gasteiger partial charge >= 0.3 is 0 Å². The van der Waals surface area contributed by atoms with Crippen LogP contribution in [-0.2, 0) is 4.79 Å². The average Bonchev–Trinajstić information content (AvgIpc) is 2.41. The van der Waals surface area contributed by atoms with Gasteiger partial charge in [0.1, 0.15) is 0 Å². The zero-order chi connectivity index (χ0) is 13.4. The van der Waals surface area contributed by atoms with E-state index in [4.69, 9.17) is 0 Å². The fourth-order valence-electron chi connectivity index (χ4n) is 2.97. The molecule has 4 nitrogen and oxygen atoms in total. The Balaban J connectivity index is 1.85. The summed E-state index contributed by atoms with van der Waals surface area (Å²) in [5.41, 5.74) is 1.28. The summed E-state index contributed by atoms with van der Waals surface area (Å²) in [6.07, 6.45) is 0. The third-order valence-corrected chi connectivity index (χ3v) is 4.60. The lowest BCUT2D eigenvalue weighted by Gasteiger charge is -2.47. The van der Waals surface area contributed by atoms with Gasteiger partial charge in [0.2, 0.25) is 5.91 Å². The largest absolute Gasteiger partial charge is 0.343 e. The fourth-order valence-corrected chi connectivity index (χ4v) is 3.24. The molecule has 19 heavy (non-hydrogen) atoms. The lowest BCUT2D eigenvalue weighted by molar-refractivity contribution is -0.139. The third-order valence-electron chi connectivity index (χ3n) is 4.07. The van der Waals surface area contributed by atoms with Gasteiger partial charge in [-0.2, -0.15) is 0 Å². The van der Waals surface area contributed by atoms with Crippen LogP contribution < -0.4 is 5.32 Å². The van der Waals surface area contributed by atoms with Crippen molar-refractivity contribution in [2.24, 2.45) is 0 Å². The van der Waals surface area contributed by atoms with E-state index in [0.29, 0.717) is 18.6 Å². The number of halogens is 1. The van der Waals surface area contributed by atoms with Crippen LogP contribution in [0.15, 0.2) is 28.7 Å². The Morgan fingerprint density at radius 1 is 1.26 bits per heavy atom. The van der Waals surface area contributed by atoms with Crippen molar-refractivity contribution in [2.75, 3.05) is 33.2 Å². The standard InChI is InChI=1S/C14H18BrN3O/c1-17-8-12-6-16-7-13(18(12)9-14(17)19)10-2-4-11(15)5-3-10/h2-5,12-13,16H,6-9H2,1H3. The van der Waals surface area contributed by atoms with Crippen LogP contribution in [-0.4, -0.2) is 55.0 Å². The van der Waals surface area contributed by atoms with Gasteiger partial charge in [-0.15, -0.1) is 0 Å². The molecule has 2 aliphatic rings. The van der Waals surface area contributed by atoms with E-state index in [1.807, 2.05) is 11.9 Å². The number of rotatable bonds is 1. The number of carbonyl (C=O) groups is 1. The van der Waals surface area contributed by atoms with Gasteiger partial charge in [0.25, 0.3) is 0 Å². The summed E-state index contributed by atoms with van der Waals surface area (Å²) in [5, 5.41) is 3.49. The van der Waals surface area contributed by atoms with E-state index in [9.17, 15) is 4.79 Å². The molecule has 1 N–H and O–H groups in total. The number of likely N-dealkylation sites (N-methyl/N-ethyl adjacent to an activating group) is 1. The summed E-state index contributed by atoms with van der Waals surface area (Å²) in [6.45, 7) is 3.22. The number of hydrogen-bond donors (Lipinski definition) is 1. The lowest BCUT2D eigenvalue weighted by Crippen LogP contribution is -2.63. The van der Waals surface area contributed by atoms with Crippen molar-refractivity contribution in [3.8, 4) is 0 Å². The predicted molar refractivity (Wildman–Crippen MR) is 77.9 cm³/mol. The van der Waals surface area contributed by atoms with Crippen LogP contribution in [0, 0.1) is 0 Å². The number of carbonyl (C=O) groups excluding carboxylic acids is 1. The number of fused-ring (bicyclic) bond motifs is 1. The number of amides is 1. The molecule has 2 aliphatic heterocycles. The second kappa shape index (κ2) is 5.23. The normalized spacial score (nSPS) is 28.3. The molecule has 0 aliphatic carbocycles. The summed E-state index contributed by atoms with van der Waals surface area (Å²) in [5.74, 6) is 0.222. The first-order valence-corrected chi connectivity index (χ1v) is 7.40. The van der Waals surface area contributed by atoms with Gasteiger partial charge < -0.3 is 10.2 Å². The summed E-state index contributed by atoms with van der Waals surface area (Å²) in [7, 11) is 1.89. The predicted octanol–water partition coefficient (Wildman–Crippen LogP) is 1.24. The third kappa shape index (κ3) is 2.55. The van der Waals surface area contributed by atoms with Crippen LogP contribution in [0.1, 0.15) is 11.6 Å². The Hall–Kier alpha value is -0.910. The Labute approximate surface area is 121 Å². The summed E-state index contributed by atoms with van der Waals surface area (Å²) < 4.78 is 1.09. The van der Waals surface area contributed by atoms with Gasteiger partial charge in [-0.25, -0.2) is 0 Å². The van der Waals surface area contributed by atoms with E-state index in [1.165, 1.54) is 5.56 Å². The Morgan fingerprint density at radius 3 is 2.74 bits per heavy atom. The van der Waals surface area contributed by atoms with E-state index in [0.717, 1.165) is 24.1 Å². The maximum Gasteiger partial charge on any atom is 0.236 e. The molecule has 2 atom stereocenters. The van der Waals surface area contributed by atoms with Gasteiger partial charge in [-0.05, 0) is 17.7 Å². The number of hydrogen-bond acceptors (Lipinski definition) is 3. The summed E-state index contributed by atoms with van der Waals surface area (Å²) >= 11 is 3.47. The molecule has 3 rings (SSSR count). The van der Waals surface area contributed by atoms with Crippen LogP contribution in [0.5, 0.6) is 0 Å². The van der Waals surface area contributed by atoms with E-state index < -0.39 is 0 Å². The Kier molecular flexibility index (Phi) is 3.60. The molecule has 2 unspecified atom stereocenters. The molecule has 102 valence electrons. The maximum absolute atomic E-state index is 11.9. The molecule has 5 heteroatoms. The molecule has 0 aromatic heterocycles. The molecule has 1 aromatic rings. The quantitative estimate of drug-likeness (QED) is 0.844. The zero-order valence-corrected chi connectivity index (χ0v) is 12.6. The smallest absolute Gasteiger partial charge is 0.236 e. The highest BCUT2D eigenvalue weighted by Gasteiger charge is 2.37. The molecular formula is C14H18BrN3O. The molecule has 0 bridgehead atoms. The van der Waals surface area contributed by atoms with Crippen LogP contribution in [0.3, 0.4) is 0 Å². The number of piperazine rings is 2. The molecule has 0 saturated carbocycles. The molecule has 2 fully saturated rings. The van der Waals surface area contributed by atoms with Crippen molar-refractivity contribution in [1.82, 2.24) is 15.1 Å². The number of nitrogens with zero attached hydrogens (tertiary/aromatic N) is 2. The summed E-state index contributed by atoms with van der Waals surface area (Å²) in [6, 6.07) is 9.13. The highest BCUT2D eigenvalue weighted by Crippen LogP contribution is 2.28. The monoisotopic (exact) mass is 323 g/mol. The first kappa shape index (κ1) is 13.1. The van der Waals surface area contributed by atoms with Crippen molar-refractivity contribution >= 4 is 21.8 Å². The van der Waals surface area contributed by atoms with Crippen LogP contribution in [0.2, 0.25) is 0 Å². The molecule has 2 saturated heterocycles. The van der Waals surface area contributed by atoms with Crippen LogP contribution >= 0.6 is 15.9 Å². The van der Waals surface area contributed by atoms with E-state index in [2.05, 4.69) is 50.4 Å². The summed E-state index contributed by atoms with van der Waals surface area (Å²) in [4.78, 5) is 16.1. The molecule has 2 heterocycles. The minimum atomic E-state index is 0.222. The van der Waals surface area contributed by atoms with Gasteiger partial charge in [0.15, 0.2) is 0 Å². The number of benzene rings is 1. The van der Waals surface area contributed by atoms with Gasteiger partial charge in [0.05, 0.1) is 6.54 Å². The van der Waals surface area contributed by atoms with Crippen LogP contribution in [0.4, 0.5) is 0 Å². The van der Waals surface area contributed by atoms with Gasteiger partial charge in [-0.1, -0.05) is 28.1 Å². The topological polar surface area (TPSA) is 35.6 Å². The van der Waals surface area contributed by atoms with Crippen molar-refractivity contribution in [3.05, 3.63) is 34.3 Å². The Morgan fingerprint density at radius 2 is 2.00 bits per heavy atom. The van der Waals surface area contributed by atoms with Crippen molar-refractivity contribution in [3.63, 3.8) is 0 Å². The first-order valence-electron chi connectivity index (χ1n) is 6.61. The highest BCUT2D eigenvalue weighted by atomic mass is 79.9. The van der Waals surface area contributed by atoms with Gasteiger partial charge in [-0.3, -0.25) is 9.69 Å².